The minimum absolute atomic E-state index is 0.00999. The van der Waals surface area contributed by atoms with Crippen LogP contribution < -0.4 is 0 Å². The molecule has 580 valence electrons. The summed E-state index contributed by atoms with van der Waals surface area (Å²) in [5, 5.41) is 0. The number of carbonyl (C=O) groups is 6. The number of ether oxygens (including phenoxy) is 14. The lowest BCUT2D eigenvalue weighted by Gasteiger charge is -2.50. The Balaban J connectivity index is 2.36. The largest absolute Gasteiger partial charge is 0.460 e. The van der Waals surface area contributed by atoms with E-state index in [1.54, 1.807) is 41.5 Å². The summed E-state index contributed by atoms with van der Waals surface area (Å²) in [6.45, 7) is 50.4. The Morgan fingerprint density at radius 3 is 0.574 bits per heavy atom. The summed E-state index contributed by atoms with van der Waals surface area (Å²) in [7, 11) is -26.3. The molecule has 101 heavy (non-hydrogen) atoms. The van der Waals surface area contributed by atoms with Gasteiger partial charge in [-0.15, -0.1) is 0 Å². The van der Waals surface area contributed by atoms with Gasteiger partial charge in [0.2, 0.25) is 0 Å². The molecule has 28 nitrogen and oxygen atoms in total. The minimum atomic E-state index is -3.37. The lowest BCUT2D eigenvalue weighted by molar-refractivity contribution is -0.141. The molecule has 0 aromatic carbocycles. The van der Waals surface area contributed by atoms with Crippen LogP contribution in [0.25, 0.3) is 0 Å². The van der Waals surface area contributed by atoms with Crippen molar-refractivity contribution in [2.45, 2.75) is 163 Å². The number of hydrogen-bond acceptors (Lipinski definition) is 28. The molecular weight excluding hydrogens is 1450 g/mol. The zero-order chi connectivity index (χ0) is 75.8. The predicted octanol–water partition coefficient (Wildman–Crippen LogP) is 9.46. The smallest absolute Gasteiger partial charge is 0.344 e. The second-order valence-corrected chi connectivity index (χ2v) is 54.3. The van der Waals surface area contributed by atoms with Crippen LogP contribution in [-0.4, -0.2) is 248 Å². The highest BCUT2D eigenvalue weighted by molar-refractivity contribution is 6.95. The molecule has 0 saturated carbocycles. The zero-order valence-corrected chi connectivity index (χ0v) is 71.0. The summed E-state index contributed by atoms with van der Waals surface area (Å²) < 4.78 is 138. The second-order valence-electron chi connectivity index (χ2n) is 26.5. The summed E-state index contributed by atoms with van der Waals surface area (Å²) in [6.07, 6.45) is 4.73. The zero-order valence-electron chi connectivity index (χ0n) is 63.0. The van der Waals surface area contributed by atoms with Crippen LogP contribution >= 0.6 is 0 Å². The van der Waals surface area contributed by atoms with Gasteiger partial charge in [-0.05, 0) is 163 Å². The molecule has 2 rings (SSSR count). The first-order valence-corrected chi connectivity index (χ1v) is 54.7. The van der Waals surface area contributed by atoms with E-state index in [2.05, 4.69) is 39.5 Å². The van der Waals surface area contributed by atoms with Crippen molar-refractivity contribution in [2.24, 2.45) is 0 Å². The number of hydrogen-bond donors (Lipinski definition) is 0. The van der Waals surface area contributed by atoms with Crippen LogP contribution in [-0.2, 0) is 128 Å². The minimum Gasteiger partial charge on any atom is -0.460 e. The highest BCUT2D eigenvalue weighted by atomic mass is 28.5. The normalized spacial score (nSPS) is 25.2. The molecule has 36 heteroatoms. The molecule has 8 unspecified atom stereocenters. The van der Waals surface area contributed by atoms with E-state index < -0.39 is 104 Å². The third-order valence-electron chi connectivity index (χ3n) is 14.5. The van der Waals surface area contributed by atoms with Crippen molar-refractivity contribution < 1.29 is 128 Å². The molecule has 8 atom stereocenters. The van der Waals surface area contributed by atoms with E-state index in [0.717, 1.165) is 6.42 Å². The SMILES string of the molecule is C=C(C)C(=O)OCCOCCC[Si]1(C)O[Si](C)(CCCOCCOC(=O)C(=C)C)O[Si](C)(COCCOC(=O)C(=C)C)O[Si](C)(COCCCCCOC[Si]2(C)O[Si](C)(CCCOCCOC(=O)C(=C)C)O[Si](C)(CCCOCCOC(=O)C(=C)C)O[Si](C)(COCCOC(=O)C(=C)C)O2)O1. The maximum atomic E-state index is 12.2. The number of rotatable bonds is 54. The third-order valence-corrected chi connectivity index (χ3v) is 50.1. The van der Waals surface area contributed by atoms with Gasteiger partial charge in [0.1, 0.15) is 39.6 Å². The van der Waals surface area contributed by atoms with Crippen molar-refractivity contribution in [1.82, 2.24) is 0 Å². The van der Waals surface area contributed by atoms with Gasteiger partial charge in [0.15, 0.2) is 0 Å². The van der Waals surface area contributed by atoms with Crippen LogP contribution in [0.15, 0.2) is 72.9 Å². The maximum absolute atomic E-state index is 12.2. The molecule has 2 aliphatic heterocycles. The Morgan fingerprint density at radius 2 is 0.376 bits per heavy atom. The molecule has 0 aromatic heterocycles. The van der Waals surface area contributed by atoms with Gasteiger partial charge in [0, 0.05) is 73.1 Å². The van der Waals surface area contributed by atoms with E-state index in [9.17, 15) is 28.8 Å². The fraction of sp³-hybridized carbons (Fsp3) is 0.723. The van der Waals surface area contributed by atoms with Crippen molar-refractivity contribution in [2.75, 3.05) is 144 Å². The van der Waals surface area contributed by atoms with Crippen molar-refractivity contribution in [3.8, 4) is 0 Å². The summed E-state index contributed by atoms with van der Waals surface area (Å²) in [5.41, 5.74) is 1.73. The monoisotopic (exact) mass is 1570 g/mol. The van der Waals surface area contributed by atoms with Crippen LogP contribution in [0.5, 0.6) is 0 Å². The first kappa shape index (κ1) is 93.4. The van der Waals surface area contributed by atoms with Gasteiger partial charge >= 0.3 is 104 Å². The second kappa shape index (κ2) is 47.8. The average Bonchev–Trinajstić information content (AvgIpc) is 0.775. The molecule has 0 aliphatic carbocycles. The van der Waals surface area contributed by atoms with Crippen LogP contribution in [0.2, 0.25) is 76.6 Å². The fourth-order valence-electron chi connectivity index (χ4n) is 10.4. The molecule has 2 aliphatic rings. The molecule has 0 N–H and O–H groups in total. The summed E-state index contributed by atoms with van der Waals surface area (Å²) in [4.78, 5) is 72.2. The molecule has 0 bridgehead atoms. The molecule has 0 aromatic rings. The Hall–Kier alpha value is -3.64. The summed E-state index contributed by atoms with van der Waals surface area (Å²) in [6, 6.07) is 2.03. The molecule has 2 saturated heterocycles. The Kier molecular flexibility index (Phi) is 44.2. The average molecular weight is 1570 g/mol. The Morgan fingerprint density at radius 1 is 0.218 bits per heavy atom. The van der Waals surface area contributed by atoms with Crippen LogP contribution in [0, 0.1) is 0 Å². The van der Waals surface area contributed by atoms with E-state index in [0.29, 0.717) is 125 Å². The van der Waals surface area contributed by atoms with Gasteiger partial charge in [-0.3, -0.25) is 0 Å². The van der Waals surface area contributed by atoms with Gasteiger partial charge in [-0.1, -0.05) is 39.5 Å². The summed E-state index contributed by atoms with van der Waals surface area (Å²) in [5.74, 6) is -3.01. The van der Waals surface area contributed by atoms with Gasteiger partial charge in [-0.2, -0.15) is 0 Å². The quantitative estimate of drug-likeness (QED) is 0.0180. The summed E-state index contributed by atoms with van der Waals surface area (Å²) >= 11 is 0. The van der Waals surface area contributed by atoms with Crippen molar-refractivity contribution >= 4 is 104 Å². The number of unbranched alkanes of at least 4 members (excludes halogenated alkanes) is 2. The molecule has 2 heterocycles. The van der Waals surface area contributed by atoms with Gasteiger partial charge < -0.3 is 99.2 Å². The van der Waals surface area contributed by atoms with Crippen molar-refractivity contribution in [3.05, 3.63) is 72.9 Å². The van der Waals surface area contributed by atoms with E-state index >= 15 is 0 Å². The van der Waals surface area contributed by atoms with Gasteiger partial charge in [0.25, 0.3) is 0 Å². The lowest BCUT2D eigenvalue weighted by Crippen LogP contribution is -2.70. The van der Waals surface area contributed by atoms with E-state index in [-0.39, 0.29) is 115 Å². The standard InChI is InChI=1S/C65H120O28Si8/c1-54(2)60(66)80-40-34-72-30-24-46-94(13)86-96(15,48-26-32-74-36-42-82-62(68)56(5)6)90-100(19,52-78-38-44-84-64(70)58(9)10)92-98(17,88-94)50-76-28-22-21-23-29-77-51-99(18)89-95(14,47-25-31-73-35-41-81-61(67)55(3)4)87-97(16,49-27-33-75-37-43-83-63(69)57(7)8)91-101(20,93-99)53-79-39-45-85-65(71)59(11)12/h1,3,5,7,9,11,21-53H2,2,4,6,8,10,12-20H3. The van der Waals surface area contributed by atoms with Crippen molar-refractivity contribution in [3.63, 3.8) is 0 Å². The molecule has 0 spiro atoms. The van der Waals surface area contributed by atoms with Crippen LogP contribution in [0.3, 0.4) is 0 Å². The first-order valence-electron chi connectivity index (χ1n) is 34.5. The molecule has 0 radical (unpaired) electrons. The van der Waals surface area contributed by atoms with E-state index in [1.807, 2.05) is 52.4 Å². The van der Waals surface area contributed by atoms with Gasteiger partial charge in [-0.25, -0.2) is 28.8 Å². The molecule has 2 fully saturated rings. The van der Waals surface area contributed by atoms with E-state index in [1.165, 1.54) is 0 Å². The van der Waals surface area contributed by atoms with Crippen LogP contribution in [0.1, 0.15) is 86.5 Å². The molecular formula is C65H120O28Si8. The fourth-order valence-corrected chi connectivity index (χ4v) is 54.3. The Labute approximate surface area is 608 Å². The molecule has 0 amide bonds. The van der Waals surface area contributed by atoms with Crippen molar-refractivity contribution in [1.29, 1.82) is 0 Å². The van der Waals surface area contributed by atoms with Crippen LogP contribution in [0.4, 0.5) is 0 Å². The van der Waals surface area contributed by atoms with Gasteiger partial charge in [0.05, 0.1) is 64.6 Å². The predicted molar refractivity (Wildman–Crippen MR) is 394 cm³/mol. The number of esters is 6. The number of carbonyl (C=O) groups excluding carboxylic acids is 6. The topological polar surface area (TPSA) is 305 Å². The van der Waals surface area contributed by atoms with E-state index in [4.69, 9.17) is 99.2 Å². The highest BCUT2D eigenvalue weighted by Crippen LogP contribution is 2.38. The highest BCUT2D eigenvalue weighted by Gasteiger charge is 2.59. The first-order chi connectivity index (χ1) is 47.3. The Bertz CT molecular complexity index is 2510. The third kappa shape index (κ3) is 41.2. The lowest BCUT2D eigenvalue weighted by atomic mass is 10.2. The maximum Gasteiger partial charge on any atom is 0.344 e.